The summed E-state index contributed by atoms with van der Waals surface area (Å²) in [5, 5.41) is 0. The largest absolute Gasteiger partial charge is 0.491 e. The van der Waals surface area contributed by atoms with E-state index in [-0.39, 0.29) is 17.9 Å². The first-order valence-electron chi connectivity index (χ1n) is 8.44. The minimum atomic E-state index is 0.104. The summed E-state index contributed by atoms with van der Waals surface area (Å²) in [4.78, 5) is 27.6. The average molecular weight is 316 g/mol. The summed E-state index contributed by atoms with van der Waals surface area (Å²) in [6, 6.07) is 7.51. The van der Waals surface area contributed by atoms with Crippen LogP contribution in [0.5, 0.6) is 5.75 Å². The van der Waals surface area contributed by atoms with Gasteiger partial charge in [-0.3, -0.25) is 9.59 Å². The Bertz CT molecular complexity index is 564. The topological polar surface area (TPSA) is 49.9 Å². The molecule has 0 aliphatic carbocycles. The number of carbonyl (C=O) groups is 2. The molecule has 2 fully saturated rings. The van der Waals surface area contributed by atoms with Crippen LogP contribution in [0.15, 0.2) is 24.3 Å². The van der Waals surface area contributed by atoms with Crippen molar-refractivity contribution in [2.24, 2.45) is 0 Å². The lowest BCUT2D eigenvalue weighted by Crippen LogP contribution is -2.37. The SMILES string of the molecule is CC(=O)N1CCC[C@@H]1COc1ccc(C(=O)N2CCCC2)cc1. The Morgan fingerprint density at radius 3 is 2.43 bits per heavy atom. The fourth-order valence-electron chi connectivity index (χ4n) is 3.41. The van der Waals surface area contributed by atoms with Crippen molar-refractivity contribution in [3.05, 3.63) is 29.8 Å². The second kappa shape index (κ2) is 7.02. The van der Waals surface area contributed by atoms with Crippen LogP contribution in [0.3, 0.4) is 0 Å². The lowest BCUT2D eigenvalue weighted by Gasteiger charge is -2.23. The molecule has 3 rings (SSSR count). The molecule has 5 nitrogen and oxygen atoms in total. The van der Waals surface area contributed by atoms with Crippen LogP contribution < -0.4 is 4.74 Å². The van der Waals surface area contributed by atoms with Crippen LogP contribution in [0.1, 0.15) is 43.0 Å². The molecular formula is C18H24N2O3. The Hall–Kier alpha value is -2.04. The van der Waals surface area contributed by atoms with Gasteiger partial charge < -0.3 is 14.5 Å². The molecule has 0 aromatic heterocycles. The van der Waals surface area contributed by atoms with E-state index in [4.69, 9.17) is 4.74 Å². The molecule has 0 bridgehead atoms. The minimum Gasteiger partial charge on any atom is -0.491 e. The molecule has 0 N–H and O–H groups in total. The summed E-state index contributed by atoms with van der Waals surface area (Å²) in [6.07, 6.45) is 4.23. The quantitative estimate of drug-likeness (QED) is 0.856. The van der Waals surface area contributed by atoms with E-state index in [0.29, 0.717) is 12.2 Å². The lowest BCUT2D eigenvalue weighted by molar-refractivity contribution is -0.130. The Kier molecular flexibility index (Phi) is 4.84. The van der Waals surface area contributed by atoms with Gasteiger partial charge in [0, 0.05) is 32.1 Å². The van der Waals surface area contributed by atoms with Crippen molar-refractivity contribution >= 4 is 11.8 Å². The number of ether oxygens (including phenoxy) is 1. The zero-order chi connectivity index (χ0) is 16.2. The van der Waals surface area contributed by atoms with E-state index in [0.717, 1.165) is 51.1 Å². The van der Waals surface area contributed by atoms with E-state index in [9.17, 15) is 9.59 Å². The maximum Gasteiger partial charge on any atom is 0.253 e. The third-order valence-corrected chi connectivity index (χ3v) is 4.72. The summed E-state index contributed by atoms with van der Waals surface area (Å²) in [5.41, 5.74) is 0.713. The lowest BCUT2D eigenvalue weighted by atomic mass is 10.2. The van der Waals surface area contributed by atoms with Crippen molar-refractivity contribution in [2.45, 2.75) is 38.6 Å². The van der Waals surface area contributed by atoms with Crippen LogP contribution in [0.2, 0.25) is 0 Å². The maximum atomic E-state index is 12.3. The number of rotatable bonds is 4. The summed E-state index contributed by atoms with van der Waals surface area (Å²) >= 11 is 0. The first kappa shape index (κ1) is 15.8. The van der Waals surface area contributed by atoms with Gasteiger partial charge in [-0.25, -0.2) is 0 Å². The zero-order valence-electron chi connectivity index (χ0n) is 13.7. The number of amides is 2. The minimum absolute atomic E-state index is 0.104. The van der Waals surface area contributed by atoms with Gasteiger partial charge in [0.15, 0.2) is 0 Å². The van der Waals surface area contributed by atoms with Crippen molar-refractivity contribution in [2.75, 3.05) is 26.2 Å². The highest BCUT2D eigenvalue weighted by Gasteiger charge is 2.27. The number of nitrogens with zero attached hydrogens (tertiary/aromatic N) is 2. The molecule has 5 heteroatoms. The van der Waals surface area contributed by atoms with E-state index < -0.39 is 0 Å². The van der Waals surface area contributed by atoms with Gasteiger partial charge in [-0.05, 0) is 49.9 Å². The van der Waals surface area contributed by atoms with E-state index in [2.05, 4.69) is 0 Å². The molecule has 2 aliphatic heterocycles. The molecule has 1 aromatic rings. The number of hydrogen-bond acceptors (Lipinski definition) is 3. The third-order valence-electron chi connectivity index (χ3n) is 4.72. The monoisotopic (exact) mass is 316 g/mol. The smallest absolute Gasteiger partial charge is 0.253 e. The van der Waals surface area contributed by atoms with Gasteiger partial charge in [-0.2, -0.15) is 0 Å². The second-order valence-corrected chi connectivity index (χ2v) is 6.34. The van der Waals surface area contributed by atoms with E-state index >= 15 is 0 Å². The second-order valence-electron chi connectivity index (χ2n) is 6.34. The normalized spacial score (nSPS) is 20.8. The molecule has 2 heterocycles. The predicted molar refractivity (Wildman–Crippen MR) is 87.5 cm³/mol. The van der Waals surface area contributed by atoms with Crippen LogP contribution in [0, 0.1) is 0 Å². The summed E-state index contributed by atoms with van der Waals surface area (Å²) < 4.78 is 5.81. The molecule has 2 aliphatic rings. The van der Waals surface area contributed by atoms with Crippen molar-refractivity contribution in [1.29, 1.82) is 0 Å². The first-order chi connectivity index (χ1) is 11.1. The summed E-state index contributed by atoms with van der Waals surface area (Å²) in [7, 11) is 0. The third kappa shape index (κ3) is 3.66. The molecule has 124 valence electrons. The maximum absolute atomic E-state index is 12.3. The van der Waals surface area contributed by atoms with Crippen molar-refractivity contribution < 1.29 is 14.3 Å². The summed E-state index contributed by atoms with van der Waals surface area (Å²) in [6.45, 7) is 4.67. The van der Waals surface area contributed by atoms with E-state index in [1.165, 1.54) is 0 Å². The van der Waals surface area contributed by atoms with Gasteiger partial charge in [0.2, 0.25) is 5.91 Å². The summed E-state index contributed by atoms with van der Waals surface area (Å²) in [5.74, 6) is 0.966. The number of benzene rings is 1. The standard InChI is InChI=1S/C18H24N2O3/c1-14(21)20-12-4-5-16(20)13-23-17-8-6-15(7-9-17)18(22)19-10-2-3-11-19/h6-9,16H,2-5,10-13H2,1H3/t16-/m1/s1. The van der Waals surface area contributed by atoms with Crippen LogP contribution in [-0.2, 0) is 4.79 Å². The number of hydrogen-bond donors (Lipinski definition) is 0. The highest BCUT2D eigenvalue weighted by Crippen LogP contribution is 2.20. The Morgan fingerprint density at radius 2 is 1.78 bits per heavy atom. The number of likely N-dealkylation sites (tertiary alicyclic amines) is 2. The van der Waals surface area contributed by atoms with E-state index in [1.54, 1.807) is 6.92 Å². The Labute approximate surface area is 137 Å². The highest BCUT2D eigenvalue weighted by molar-refractivity contribution is 5.94. The van der Waals surface area contributed by atoms with Crippen molar-refractivity contribution in [3.63, 3.8) is 0 Å². The van der Waals surface area contributed by atoms with Crippen LogP contribution in [0.4, 0.5) is 0 Å². The van der Waals surface area contributed by atoms with Gasteiger partial charge in [0.1, 0.15) is 12.4 Å². The average Bonchev–Trinajstić information content (AvgIpc) is 3.24. The van der Waals surface area contributed by atoms with Gasteiger partial charge in [-0.1, -0.05) is 0 Å². The molecule has 1 atom stereocenters. The molecule has 0 unspecified atom stereocenters. The fraction of sp³-hybridized carbons (Fsp3) is 0.556. The van der Waals surface area contributed by atoms with Crippen molar-refractivity contribution in [3.8, 4) is 5.75 Å². The molecular weight excluding hydrogens is 292 g/mol. The number of carbonyl (C=O) groups excluding carboxylic acids is 2. The molecule has 2 amide bonds. The van der Waals surface area contributed by atoms with E-state index in [1.807, 2.05) is 34.1 Å². The molecule has 1 aromatic carbocycles. The zero-order valence-corrected chi connectivity index (χ0v) is 13.7. The highest BCUT2D eigenvalue weighted by atomic mass is 16.5. The van der Waals surface area contributed by atoms with Gasteiger partial charge in [-0.15, -0.1) is 0 Å². The van der Waals surface area contributed by atoms with Crippen LogP contribution in [0.25, 0.3) is 0 Å². The molecule has 23 heavy (non-hydrogen) atoms. The Morgan fingerprint density at radius 1 is 1.09 bits per heavy atom. The van der Waals surface area contributed by atoms with Gasteiger partial charge >= 0.3 is 0 Å². The molecule has 0 spiro atoms. The predicted octanol–water partition coefficient (Wildman–Crippen LogP) is 2.31. The fourth-order valence-corrected chi connectivity index (χ4v) is 3.41. The van der Waals surface area contributed by atoms with Gasteiger partial charge in [0.25, 0.3) is 5.91 Å². The van der Waals surface area contributed by atoms with Crippen molar-refractivity contribution in [1.82, 2.24) is 9.80 Å². The first-order valence-corrected chi connectivity index (χ1v) is 8.44. The Balaban J connectivity index is 1.55. The molecule has 0 saturated carbocycles. The van der Waals surface area contributed by atoms with Crippen LogP contribution >= 0.6 is 0 Å². The van der Waals surface area contributed by atoms with Crippen LogP contribution in [-0.4, -0.2) is 53.9 Å². The molecule has 2 saturated heterocycles. The molecule has 0 radical (unpaired) electrons. The van der Waals surface area contributed by atoms with Gasteiger partial charge in [0.05, 0.1) is 6.04 Å².